The molecule has 0 amide bonds. The lowest BCUT2D eigenvalue weighted by molar-refractivity contribution is 0.00483. The standard InChI is InChI=1S/C12H17BrN2O2/c1-8-11(13)9(2)15(12(16)14-8)7-10-5-3-4-6-17-10/h10H,3-7H2,1-2H3. The van der Waals surface area contributed by atoms with E-state index < -0.39 is 0 Å². The lowest BCUT2D eigenvalue weighted by Crippen LogP contribution is -2.33. The van der Waals surface area contributed by atoms with Crippen LogP contribution in [0.15, 0.2) is 9.27 Å². The second-order valence-corrected chi connectivity index (χ2v) is 5.27. The van der Waals surface area contributed by atoms with E-state index in [0.29, 0.717) is 6.54 Å². The summed E-state index contributed by atoms with van der Waals surface area (Å²) >= 11 is 3.47. The van der Waals surface area contributed by atoms with E-state index in [9.17, 15) is 4.79 Å². The SMILES string of the molecule is Cc1nc(=O)n(CC2CCCCO2)c(C)c1Br. The van der Waals surface area contributed by atoms with E-state index >= 15 is 0 Å². The van der Waals surface area contributed by atoms with Gasteiger partial charge < -0.3 is 4.74 Å². The minimum absolute atomic E-state index is 0.150. The highest BCUT2D eigenvalue weighted by molar-refractivity contribution is 9.10. The molecule has 1 atom stereocenters. The van der Waals surface area contributed by atoms with Crippen molar-refractivity contribution < 1.29 is 4.74 Å². The van der Waals surface area contributed by atoms with Gasteiger partial charge in [-0.25, -0.2) is 4.79 Å². The van der Waals surface area contributed by atoms with Gasteiger partial charge in [0.25, 0.3) is 0 Å². The van der Waals surface area contributed by atoms with Crippen molar-refractivity contribution in [1.82, 2.24) is 9.55 Å². The normalized spacial score (nSPS) is 20.5. The first kappa shape index (κ1) is 12.8. The van der Waals surface area contributed by atoms with Gasteiger partial charge in [-0.05, 0) is 49.0 Å². The Kier molecular flexibility index (Phi) is 3.99. The zero-order valence-electron chi connectivity index (χ0n) is 10.2. The fourth-order valence-corrected chi connectivity index (χ4v) is 2.45. The average molecular weight is 301 g/mol. The van der Waals surface area contributed by atoms with Crippen molar-refractivity contribution in [3.8, 4) is 0 Å². The van der Waals surface area contributed by atoms with E-state index in [2.05, 4.69) is 20.9 Å². The second kappa shape index (κ2) is 5.31. The summed E-state index contributed by atoms with van der Waals surface area (Å²) in [5.74, 6) is 0. The fraction of sp³-hybridized carbons (Fsp3) is 0.667. The summed E-state index contributed by atoms with van der Waals surface area (Å²) < 4.78 is 8.27. The predicted octanol–water partition coefficient (Wildman–Crippen LogP) is 2.19. The Hall–Kier alpha value is -0.680. The van der Waals surface area contributed by atoms with Crippen LogP contribution in [-0.4, -0.2) is 22.3 Å². The molecule has 1 saturated heterocycles. The zero-order valence-corrected chi connectivity index (χ0v) is 11.8. The number of aryl methyl sites for hydroxylation is 1. The van der Waals surface area contributed by atoms with E-state index in [1.807, 2.05) is 13.8 Å². The minimum atomic E-state index is -0.183. The van der Waals surface area contributed by atoms with E-state index in [1.54, 1.807) is 4.57 Å². The Bertz CT molecular complexity index is 464. The largest absolute Gasteiger partial charge is 0.376 e. The fourth-order valence-electron chi connectivity index (χ4n) is 2.15. The summed E-state index contributed by atoms with van der Waals surface area (Å²) in [7, 11) is 0. The van der Waals surface area contributed by atoms with Crippen LogP contribution < -0.4 is 5.69 Å². The van der Waals surface area contributed by atoms with Crippen LogP contribution in [0, 0.1) is 13.8 Å². The number of nitrogens with zero attached hydrogens (tertiary/aromatic N) is 2. The average Bonchev–Trinajstić information content (AvgIpc) is 2.33. The molecule has 0 radical (unpaired) electrons. The van der Waals surface area contributed by atoms with Crippen LogP contribution in [-0.2, 0) is 11.3 Å². The Morgan fingerprint density at radius 1 is 1.47 bits per heavy atom. The van der Waals surface area contributed by atoms with Crippen molar-refractivity contribution in [2.75, 3.05) is 6.61 Å². The maximum absolute atomic E-state index is 11.9. The van der Waals surface area contributed by atoms with Gasteiger partial charge in [0, 0.05) is 12.3 Å². The van der Waals surface area contributed by atoms with Crippen molar-refractivity contribution in [3.63, 3.8) is 0 Å². The van der Waals surface area contributed by atoms with E-state index in [4.69, 9.17) is 4.74 Å². The Labute approximate surface area is 109 Å². The summed E-state index contributed by atoms with van der Waals surface area (Å²) in [4.78, 5) is 15.9. The molecule has 2 rings (SSSR count). The minimum Gasteiger partial charge on any atom is -0.376 e. The lowest BCUT2D eigenvalue weighted by atomic mass is 10.1. The van der Waals surface area contributed by atoms with Crippen molar-refractivity contribution in [3.05, 3.63) is 26.3 Å². The smallest absolute Gasteiger partial charge is 0.348 e. The molecule has 5 heteroatoms. The summed E-state index contributed by atoms with van der Waals surface area (Å²) in [6, 6.07) is 0. The van der Waals surface area contributed by atoms with Gasteiger partial charge in [0.05, 0.1) is 22.8 Å². The monoisotopic (exact) mass is 300 g/mol. The van der Waals surface area contributed by atoms with Gasteiger partial charge in [-0.1, -0.05) is 0 Å². The second-order valence-electron chi connectivity index (χ2n) is 4.48. The van der Waals surface area contributed by atoms with Crippen LogP contribution in [0.3, 0.4) is 0 Å². The van der Waals surface area contributed by atoms with Crippen molar-refractivity contribution in [2.24, 2.45) is 0 Å². The van der Waals surface area contributed by atoms with E-state index in [1.165, 1.54) is 6.42 Å². The number of hydrogen-bond donors (Lipinski definition) is 0. The quantitative estimate of drug-likeness (QED) is 0.841. The highest BCUT2D eigenvalue weighted by atomic mass is 79.9. The van der Waals surface area contributed by atoms with Crippen LogP contribution in [0.1, 0.15) is 30.7 Å². The van der Waals surface area contributed by atoms with Gasteiger partial charge >= 0.3 is 5.69 Å². The van der Waals surface area contributed by atoms with Crippen LogP contribution >= 0.6 is 15.9 Å². The third-order valence-electron chi connectivity index (χ3n) is 3.19. The molecule has 0 spiro atoms. The van der Waals surface area contributed by atoms with Gasteiger partial charge in [0.15, 0.2) is 0 Å². The summed E-state index contributed by atoms with van der Waals surface area (Å²) in [6.45, 7) is 5.18. The number of hydrogen-bond acceptors (Lipinski definition) is 3. The summed E-state index contributed by atoms with van der Waals surface area (Å²) in [5.41, 5.74) is 1.49. The molecule has 1 unspecified atom stereocenters. The van der Waals surface area contributed by atoms with Crippen LogP contribution in [0.5, 0.6) is 0 Å². The topological polar surface area (TPSA) is 44.1 Å². The molecule has 17 heavy (non-hydrogen) atoms. The highest BCUT2D eigenvalue weighted by Gasteiger charge is 2.17. The van der Waals surface area contributed by atoms with Gasteiger partial charge in [0.2, 0.25) is 0 Å². The molecule has 1 fully saturated rings. The van der Waals surface area contributed by atoms with Gasteiger partial charge in [-0.2, -0.15) is 4.98 Å². The molecule has 1 aromatic rings. The number of ether oxygens (including phenoxy) is 1. The molecule has 2 heterocycles. The van der Waals surface area contributed by atoms with Crippen LogP contribution in [0.2, 0.25) is 0 Å². The molecule has 0 saturated carbocycles. The number of rotatable bonds is 2. The highest BCUT2D eigenvalue weighted by Crippen LogP contribution is 2.19. The molecule has 0 aliphatic carbocycles. The first-order valence-electron chi connectivity index (χ1n) is 5.94. The summed E-state index contributed by atoms with van der Waals surface area (Å²) in [6.07, 6.45) is 3.48. The van der Waals surface area contributed by atoms with E-state index in [-0.39, 0.29) is 11.8 Å². The first-order valence-corrected chi connectivity index (χ1v) is 6.74. The van der Waals surface area contributed by atoms with Crippen molar-refractivity contribution in [2.45, 2.75) is 45.8 Å². The van der Waals surface area contributed by atoms with Crippen molar-refractivity contribution in [1.29, 1.82) is 0 Å². The maximum Gasteiger partial charge on any atom is 0.348 e. The summed E-state index contributed by atoms with van der Waals surface area (Å²) in [5, 5.41) is 0. The lowest BCUT2D eigenvalue weighted by Gasteiger charge is -2.24. The molecule has 1 aliphatic heterocycles. The first-order chi connectivity index (χ1) is 8.09. The molecule has 1 aromatic heterocycles. The molecule has 0 N–H and O–H groups in total. The third-order valence-corrected chi connectivity index (χ3v) is 4.34. The zero-order chi connectivity index (χ0) is 12.4. The Balaban J connectivity index is 2.26. The third kappa shape index (κ3) is 2.77. The molecular formula is C12H17BrN2O2. The Morgan fingerprint density at radius 3 is 2.88 bits per heavy atom. The maximum atomic E-state index is 11.9. The van der Waals surface area contributed by atoms with Gasteiger partial charge in [0.1, 0.15) is 0 Å². The molecule has 0 aromatic carbocycles. The molecule has 1 aliphatic rings. The predicted molar refractivity (Wildman–Crippen MR) is 69.3 cm³/mol. The van der Waals surface area contributed by atoms with Gasteiger partial charge in [-0.15, -0.1) is 0 Å². The van der Waals surface area contributed by atoms with Gasteiger partial charge in [-0.3, -0.25) is 4.57 Å². The van der Waals surface area contributed by atoms with Crippen LogP contribution in [0.4, 0.5) is 0 Å². The van der Waals surface area contributed by atoms with Crippen molar-refractivity contribution >= 4 is 15.9 Å². The molecule has 94 valence electrons. The number of halogens is 1. The molecule has 4 nitrogen and oxygen atoms in total. The Morgan fingerprint density at radius 2 is 2.24 bits per heavy atom. The van der Waals surface area contributed by atoms with E-state index in [0.717, 1.165) is 35.3 Å². The molecular weight excluding hydrogens is 284 g/mol. The number of aromatic nitrogens is 2. The molecule has 0 bridgehead atoms. The van der Waals surface area contributed by atoms with Crippen LogP contribution in [0.25, 0.3) is 0 Å².